The van der Waals surface area contributed by atoms with E-state index in [-0.39, 0.29) is 17.3 Å². The van der Waals surface area contributed by atoms with E-state index < -0.39 is 5.97 Å². The molecule has 0 atom stereocenters. The van der Waals surface area contributed by atoms with Crippen LogP contribution in [0.15, 0.2) is 6.20 Å². The largest absolute Gasteiger partial charge is 0.477 e. The summed E-state index contributed by atoms with van der Waals surface area (Å²) in [4.78, 5) is 27.4. The van der Waals surface area contributed by atoms with Crippen LogP contribution >= 0.6 is 11.3 Å². The zero-order chi connectivity index (χ0) is 15.6. The number of aromatic nitrogens is 3. The van der Waals surface area contributed by atoms with Crippen molar-refractivity contribution < 1.29 is 14.7 Å². The van der Waals surface area contributed by atoms with Crippen molar-refractivity contribution in [3.05, 3.63) is 33.0 Å². The molecule has 8 heteroatoms. The highest BCUT2D eigenvalue weighted by Crippen LogP contribution is 2.18. The van der Waals surface area contributed by atoms with E-state index in [4.69, 9.17) is 5.11 Å². The lowest BCUT2D eigenvalue weighted by molar-refractivity contribution is 0.0701. The minimum absolute atomic E-state index is 0.204. The Morgan fingerprint density at radius 3 is 2.76 bits per heavy atom. The summed E-state index contributed by atoms with van der Waals surface area (Å²) >= 11 is 1.07. The fraction of sp³-hybridized carbons (Fsp3) is 0.385. The number of nitrogens with one attached hydrogen (secondary N) is 1. The molecule has 0 fully saturated rings. The SMILES string of the molecule is CCc1nn(C)cc1C(=O)NCc1nc(C)c(C(=O)O)s1. The van der Waals surface area contributed by atoms with Crippen molar-refractivity contribution in [2.45, 2.75) is 26.8 Å². The molecule has 2 aromatic heterocycles. The second kappa shape index (κ2) is 6.04. The van der Waals surface area contributed by atoms with Crippen molar-refractivity contribution in [3.63, 3.8) is 0 Å². The number of rotatable bonds is 5. The normalized spacial score (nSPS) is 10.6. The summed E-state index contributed by atoms with van der Waals surface area (Å²) in [6, 6.07) is 0. The maximum atomic E-state index is 12.1. The van der Waals surface area contributed by atoms with E-state index >= 15 is 0 Å². The number of carboxylic acid groups (broad SMARTS) is 1. The molecule has 7 nitrogen and oxygen atoms in total. The minimum Gasteiger partial charge on any atom is -0.477 e. The van der Waals surface area contributed by atoms with Gasteiger partial charge >= 0.3 is 5.97 Å². The van der Waals surface area contributed by atoms with Crippen LogP contribution in [0.1, 0.15) is 43.3 Å². The monoisotopic (exact) mass is 308 g/mol. The first-order chi connectivity index (χ1) is 9.92. The van der Waals surface area contributed by atoms with Crippen LogP contribution in [0.4, 0.5) is 0 Å². The van der Waals surface area contributed by atoms with E-state index in [1.165, 1.54) is 0 Å². The van der Waals surface area contributed by atoms with Gasteiger partial charge in [-0.15, -0.1) is 11.3 Å². The van der Waals surface area contributed by atoms with E-state index in [0.29, 0.717) is 22.7 Å². The Morgan fingerprint density at radius 1 is 1.48 bits per heavy atom. The third kappa shape index (κ3) is 3.27. The number of carboxylic acids is 1. The summed E-state index contributed by atoms with van der Waals surface area (Å²) in [6.07, 6.45) is 2.34. The highest BCUT2D eigenvalue weighted by molar-refractivity contribution is 7.13. The van der Waals surface area contributed by atoms with Gasteiger partial charge in [0, 0.05) is 13.2 Å². The number of nitrogens with zero attached hydrogens (tertiary/aromatic N) is 3. The first kappa shape index (κ1) is 15.2. The molecule has 0 saturated carbocycles. The summed E-state index contributed by atoms with van der Waals surface area (Å²) in [6.45, 7) is 3.78. The minimum atomic E-state index is -0.997. The molecule has 2 aromatic rings. The van der Waals surface area contributed by atoms with Crippen molar-refractivity contribution in [2.75, 3.05) is 0 Å². The summed E-state index contributed by atoms with van der Waals surface area (Å²) < 4.78 is 1.60. The van der Waals surface area contributed by atoms with Gasteiger partial charge in [0.15, 0.2) is 0 Å². The Balaban J connectivity index is 2.07. The van der Waals surface area contributed by atoms with Gasteiger partial charge in [0.25, 0.3) is 5.91 Å². The Hall–Kier alpha value is -2.22. The van der Waals surface area contributed by atoms with Gasteiger partial charge in [-0.2, -0.15) is 5.10 Å². The Labute approximate surface area is 125 Å². The molecule has 112 valence electrons. The van der Waals surface area contributed by atoms with Crippen LogP contribution in [0.5, 0.6) is 0 Å². The Morgan fingerprint density at radius 2 is 2.19 bits per heavy atom. The molecule has 0 aromatic carbocycles. The number of hydrogen-bond acceptors (Lipinski definition) is 5. The molecule has 21 heavy (non-hydrogen) atoms. The van der Waals surface area contributed by atoms with Crippen LogP contribution in [-0.2, 0) is 20.0 Å². The maximum Gasteiger partial charge on any atom is 0.347 e. The zero-order valence-corrected chi connectivity index (χ0v) is 12.8. The average Bonchev–Trinajstić information content (AvgIpc) is 2.99. The van der Waals surface area contributed by atoms with E-state index in [2.05, 4.69) is 15.4 Å². The molecule has 0 spiro atoms. The van der Waals surface area contributed by atoms with Crippen molar-refractivity contribution in [1.82, 2.24) is 20.1 Å². The average molecular weight is 308 g/mol. The number of hydrogen-bond donors (Lipinski definition) is 2. The van der Waals surface area contributed by atoms with Crippen LogP contribution < -0.4 is 5.32 Å². The van der Waals surface area contributed by atoms with Gasteiger partial charge in [-0.05, 0) is 13.3 Å². The van der Waals surface area contributed by atoms with Crippen molar-refractivity contribution >= 4 is 23.2 Å². The highest BCUT2D eigenvalue weighted by atomic mass is 32.1. The van der Waals surface area contributed by atoms with Gasteiger partial charge < -0.3 is 10.4 Å². The molecular formula is C13H16N4O3S. The predicted molar refractivity (Wildman–Crippen MR) is 77.6 cm³/mol. The van der Waals surface area contributed by atoms with Crippen LogP contribution in [0.25, 0.3) is 0 Å². The van der Waals surface area contributed by atoms with Gasteiger partial charge in [0.05, 0.1) is 23.5 Å². The molecule has 0 aliphatic rings. The van der Waals surface area contributed by atoms with Crippen LogP contribution in [0, 0.1) is 6.92 Å². The lowest BCUT2D eigenvalue weighted by Gasteiger charge is -2.02. The van der Waals surface area contributed by atoms with E-state index in [9.17, 15) is 9.59 Å². The first-order valence-electron chi connectivity index (χ1n) is 6.42. The number of aryl methyl sites for hydroxylation is 3. The summed E-state index contributed by atoms with van der Waals surface area (Å²) in [7, 11) is 1.76. The fourth-order valence-corrected chi connectivity index (χ4v) is 2.81. The van der Waals surface area contributed by atoms with Crippen molar-refractivity contribution in [2.24, 2.45) is 7.05 Å². The number of amides is 1. The molecule has 0 aliphatic heterocycles. The van der Waals surface area contributed by atoms with Gasteiger partial charge in [0.1, 0.15) is 9.88 Å². The Bertz CT molecular complexity index is 690. The summed E-state index contributed by atoms with van der Waals surface area (Å²) in [5.41, 5.74) is 1.73. The zero-order valence-electron chi connectivity index (χ0n) is 12.0. The summed E-state index contributed by atoms with van der Waals surface area (Å²) in [5.74, 6) is -1.23. The lowest BCUT2D eigenvalue weighted by atomic mass is 10.2. The molecule has 0 unspecified atom stereocenters. The molecule has 2 N–H and O–H groups in total. The molecule has 1 amide bonds. The van der Waals surface area contributed by atoms with E-state index in [1.807, 2.05) is 6.92 Å². The standard InChI is InChI=1S/C13H16N4O3S/c1-4-9-8(6-17(3)16-9)12(18)14-5-10-15-7(2)11(21-10)13(19)20/h6H,4-5H2,1-3H3,(H,14,18)(H,19,20). The molecular weight excluding hydrogens is 292 g/mol. The molecule has 2 heterocycles. The van der Waals surface area contributed by atoms with Gasteiger partial charge in [-0.25, -0.2) is 9.78 Å². The van der Waals surface area contributed by atoms with Crippen LogP contribution in [0.3, 0.4) is 0 Å². The van der Waals surface area contributed by atoms with Crippen LogP contribution in [0.2, 0.25) is 0 Å². The third-order valence-electron chi connectivity index (χ3n) is 2.92. The first-order valence-corrected chi connectivity index (χ1v) is 7.24. The number of carbonyl (C=O) groups is 2. The Kier molecular flexibility index (Phi) is 4.37. The highest BCUT2D eigenvalue weighted by Gasteiger charge is 2.17. The molecule has 0 radical (unpaired) electrons. The van der Waals surface area contributed by atoms with Gasteiger partial charge in [-0.3, -0.25) is 9.48 Å². The van der Waals surface area contributed by atoms with Crippen LogP contribution in [-0.4, -0.2) is 31.7 Å². The maximum absolute atomic E-state index is 12.1. The smallest absolute Gasteiger partial charge is 0.347 e. The van der Waals surface area contributed by atoms with Crippen molar-refractivity contribution in [3.8, 4) is 0 Å². The third-order valence-corrected chi connectivity index (χ3v) is 4.07. The number of aromatic carboxylic acids is 1. The number of carbonyl (C=O) groups excluding carboxylic acids is 1. The van der Waals surface area contributed by atoms with Gasteiger partial charge in [0.2, 0.25) is 0 Å². The predicted octanol–water partition coefficient (Wildman–Crippen LogP) is 1.38. The molecule has 0 bridgehead atoms. The van der Waals surface area contributed by atoms with E-state index in [1.54, 1.807) is 24.9 Å². The molecule has 0 saturated heterocycles. The molecule has 2 rings (SSSR count). The fourth-order valence-electron chi connectivity index (χ4n) is 1.96. The van der Waals surface area contributed by atoms with Gasteiger partial charge in [-0.1, -0.05) is 6.92 Å². The second-order valence-electron chi connectivity index (χ2n) is 4.53. The van der Waals surface area contributed by atoms with E-state index in [0.717, 1.165) is 17.0 Å². The molecule has 0 aliphatic carbocycles. The quantitative estimate of drug-likeness (QED) is 0.869. The topological polar surface area (TPSA) is 97.1 Å². The van der Waals surface area contributed by atoms with Crippen molar-refractivity contribution in [1.29, 1.82) is 0 Å². The summed E-state index contributed by atoms with van der Waals surface area (Å²) in [5, 5.41) is 16.5. The second-order valence-corrected chi connectivity index (χ2v) is 5.61. The number of thiazole rings is 1. The lowest BCUT2D eigenvalue weighted by Crippen LogP contribution is -2.23.